The van der Waals surface area contributed by atoms with Crippen LogP contribution in [-0.4, -0.2) is 44.5 Å². The standard InChI is InChI=1S/C13H17N3O3/c17-12(15-5-1-2-6-15)9-3-4-10-11(13(18)19)14-8-16(10)7-9/h8-9H,1-7H2,(H,18,19). The molecule has 0 radical (unpaired) electrons. The van der Waals surface area contributed by atoms with Gasteiger partial charge in [-0.2, -0.15) is 0 Å². The molecule has 2 aliphatic heterocycles. The third-order valence-electron chi connectivity index (χ3n) is 4.06. The molecule has 0 bridgehead atoms. The van der Waals surface area contributed by atoms with E-state index in [1.807, 2.05) is 9.47 Å². The Morgan fingerprint density at radius 1 is 1.32 bits per heavy atom. The first kappa shape index (κ1) is 12.2. The minimum atomic E-state index is -0.988. The first-order chi connectivity index (χ1) is 9.16. The van der Waals surface area contributed by atoms with E-state index in [1.54, 1.807) is 6.33 Å². The Hall–Kier alpha value is -1.85. The molecular formula is C13H17N3O3. The number of rotatable bonds is 2. The van der Waals surface area contributed by atoms with Crippen LogP contribution in [0.3, 0.4) is 0 Å². The monoisotopic (exact) mass is 263 g/mol. The fraction of sp³-hybridized carbons (Fsp3) is 0.615. The van der Waals surface area contributed by atoms with Crippen LogP contribution >= 0.6 is 0 Å². The number of nitrogens with zero attached hydrogens (tertiary/aromatic N) is 3. The Morgan fingerprint density at radius 2 is 2.05 bits per heavy atom. The number of carbonyl (C=O) groups excluding carboxylic acids is 1. The second-order valence-electron chi connectivity index (χ2n) is 5.27. The van der Waals surface area contributed by atoms with E-state index in [0.717, 1.165) is 38.0 Å². The molecule has 102 valence electrons. The lowest BCUT2D eigenvalue weighted by Crippen LogP contribution is -2.38. The van der Waals surface area contributed by atoms with Crippen molar-refractivity contribution in [2.24, 2.45) is 5.92 Å². The summed E-state index contributed by atoms with van der Waals surface area (Å²) < 4.78 is 1.82. The SMILES string of the molecule is O=C(O)c1ncn2c1CCC(C(=O)N1CCCC1)C2. The zero-order chi connectivity index (χ0) is 13.4. The van der Waals surface area contributed by atoms with Crippen molar-refractivity contribution in [1.82, 2.24) is 14.5 Å². The predicted octanol–water partition coefficient (Wildman–Crippen LogP) is 0.766. The van der Waals surface area contributed by atoms with Gasteiger partial charge in [-0.05, 0) is 25.7 Å². The number of hydrogen-bond acceptors (Lipinski definition) is 3. The number of aromatic nitrogens is 2. The third kappa shape index (κ3) is 2.11. The zero-order valence-corrected chi connectivity index (χ0v) is 10.7. The smallest absolute Gasteiger partial charge is 0.356 e. The lowest BCUT2D eigenvalue weighted by molar-refractivity contribution is -0.135. The van der Waals surface area contributed by atoms with Gasteiger partial charge in [-0.15, -0.1) is 0 Å². The lowest BCUT2D eigenvalue weighted by Gasteiger charge is -2.27. The fourth-order valence-electron chi connectivity index (χ4n) is 3.04. The van der Waals surface area contributed by atoms with Crippen molar-refractivity contribution in [2.75, 3.05) is 13.1 Å². The van der Waals surface area contributed by atoms with Crippen LogP contribution in [0, 0.1) is 5.92 Å². The van der Waals surface area contributed by atoms with E-state index in [9.17, 15) is 9.59 Å². The minimum Gasteiger partial charge on any atom is -0.476 e. The molecule has 0 aromatic carbocycles. The van der Waals surface area contributed by atoms with Crippen molar-refractivity contribution in [3.05, 3.63) is 17.7 Å². The third-order valence-corrected chi connectivity index (χ3v) is 4.06. The van der Waals surface area contributed by atoms with Crippen LogP contribution in [0.2, 0.25) is 0 Å². The molecule has 0 saturated carbocycles. The first-order valence-corrected chi connectivity index (χ1v) is 6.73. The van der Waals surface area contributed by atoms with Gasteiger partial charge in [-0.25, -0.2) is 9.78 Å². The maximum absolute atomic E-state index is 12.3. The second kappa shape index (κ2) is 4.68. The van der Waals surface area contributed by atoms with E-state index in [4.69, 9.17) is 5.11 Å². The molecule has 3 rings (SSSR count). The highest BCUT2D eigenvalue weighted by atomic mass is 16.4. The van der Waals surface area contributed by atoms with Gasteiger partial charge in [0.05, 0.1) is 17.9 Å². The van der Waals surface area contributed by atoms with E-state index in [1.165, 1.54) is 0 Å². The fourth-order valence-corrected chi connectivity index (χ4v) is 3.04. The average Bonchev–Trinajstić information content (AvgIpc) is 3.06. The lowest BCUT2D eigenvalue weighted by atomic mass is 9.95. The van der Waals surface area contributed by atoms with Gasteiger partial charge in [0.15, 0.2) is 5.69 Å². The molecule has 6 heteroatoms. The van der Waals surface area contributed by atoms with Crippen LogP contribution in [0.5, 0.6) is 0 Å². The quantitative estimate of drug-likeness (QED) is 0.855. The second-order valence-corrected chi connectivity index (χ2v) is 5.27. The van der Waals surface area contributed by atoms with E-state index in [0.29, 0.717) is 13.0 Å². The predicted molar refractivity (Wildman–Crippen MR) is 66.8 cm³/mol. The van der Waals surface area contributed by atoms with Crippen molar-refractivity contribution >= 4 is 11.9 Å². The van der Waals surface area contributed by atoms with E-state index in [2.05, 4.69) is 4.98 Å². The number of amides is 1. The number of carboxylic acid groups (broad SMARTS) is 1. The normalized spacial score (nSPS) is 22.3. The summed E-state index contributed by atoms with van der Waals surface area (Å²) in [4.78, 5) is 29.2. The largest absolute Gasteiger partial charge is 0.476 e. The van der Waals surface area contributed by atoms with Gasteiger partial charge in [0.25, 0.3) is 0 Å². The molecule has 1 amide bonds. The molecule has 1 atom stereocenters. The van der Waals surface area contributed by atoms with Crippen LogP contribution < -0.4 is 0 Å². The van der Waals surface area contributed by atoms with Gasteiger partial charge in [0.1, 0.15) is 0 Å². The summed E-state index contributed by atoms with van der Waals surface area (Å²) in [5.41, 5.74) is 0.880. The zero-order valence-electron chi connectivity index (χ0n) is 10.7. The van der Waals surface area contributed by atoms with Gasteiger partial charge in [0, 0.05) is 19.6 Å². The summed E-state index contributed by atoms with van der Waals surface area (Å²) in [5, 5.41) is 9.03. The van der Waals surface area contributed by atoms with E-state index >= 15 is 0 Å². The molecule has 19 heavy (non-hydrogen) atoms. The number of imidazole rings is 1. The molecule has 2 aliphatic rings. The molecule has 1 fully saturated rings. The highest BCUT2D eigenvalue weighted by Gasteiger charge is 2.31. The number of likely N-dealkylation sites (tertiary alicyclic amines) is 1. The van der Waals surface area contributed by atoms with Crippen LogP contribution in [-0.2, 0) is 17.8 Å². The van der Waals surface area contributed by atoms with Crippen LogP contribution in [0.4, 0.5) is 0 Å². The van der Waals surface area contributed by atoms with Gasteiger partial charge in [-0.3, -0.25) is 4.79 Å². The highest BCUT2D eigenvalue weighted by molar-refractivity contribution is 5.87. The van der Waals surface area contributed by atoms with Crippen molar-refractivity contribution in [1.29, 1.82) is 0 Å². The van der Waals surface area contributed by atoms with Crippen LogP contribution in [0.1, 0.15) is 35.4 Å². The summed E-state index contributed by atoms with van der Waals surface area (Å²) in [7, 11) is 0. The topological polar surface area (TPSA) is 75.4 Å². The highest BCUT2D eigenvalue weighted by Crippen LogP contribution is 2.25. The van der Waals surface area contributed by atoms with Gasteiger partial charge in [-0.1, -0.05) is 0 Å². The molecule has 1 unspecified atom stereocenters. The Bertz CT molecular complexity index is 517. The molecule has 1 N–H and O–H groups in total. The number of aromatic carboxylic acids is 1. The van der Waals surface area contributed by atoms with Crippen molar-refractivity contribution < 1.29 is 14.7 Å². The number of fused-ring (bicyclic) bond motifs is 1. The molecular weight excluding hydrogens is 246 g/mol. The van der Waals surface area contributed by atoms with Gasteiger partial charge in [0.2, 0.25) is 5.91 Å². The van der Waals surface area contributed by atoms with Gasteiger partial charge < -0.3 is 14.6 Å². The Balaban J connectivity index is 1.75. The molecule has 0 aliphatic carbocycles. The maximum Gasteiger partial charge on any atom is 0.356 e. The first-order valence-electron chi connectivity index (χ1n) is 6.73. The summed E-state index contributed by atoms with van der Waals surface area (Å²) in [6, 6.07) is 0. The molecule has 3 heterocycles. The molecule has 6 nitrogen and oxygen atoms in total. The molecule has 0 spiro atoms. The Morgan fingerprint density at radius 3 is 2.74 bits per heavy atom. The van der Waals surface area contributed by atoms with Crippen LogP contribution in [0.25, 0.3) is 0 Å². The van der Waals surface area contributed by atoms with E-state index < -0.39 is 5.97 Å². The summed E-state index contributed by atoms with van der Waals surface area (Å²) >= 11 is 0. The van der Waals surface area contributed by atoms with Gasteiger partial charge >= 0.3 is 5.97 Å². The molecule has 1 saturated heterocycles. The number of hydrogen-bond donors (Lipinski definition) is 1. The minimum absolute atomic E-state index is 0.0264. The number of carbonyl (C=O) groups is 2. The van der Waals surface area contributed by atoms with Crippen molar-refractivity contribution in [2.45, 2.75) is 32.2 Å². The summed E-state index contributed by atoms with van der Waals surface area (Å²) in [6.07, 6.45) is 5.07. The van der Waals surface area contributed by atoms with Crippen molar-refractivity contribution in [3.8, 4) is 0 Å². The molecule has 1 aromatic heterocycles. The Kier molecular flexibility index (Phi) is 3.00. The van der Waals surface area contributed by atoms with Crippen molar-refractivity contribution in [3.63, 3.8) is 0 Å². The number of carboxylic acids is 1. The maximum atomic E-state index is 12.3. The summed E-state index contributed by atoms with van der Waals surface area (Å²) in [6.45, 7) is 2.30. The summed E-state index contributed by atoms with van der Waals surface area (Å²) in [5.74, 6) is -0.798. The van der Waals surface area contributed by atoms with E-state index in [-0.39, 0.29) is 17.5 Å². The van der Waals surface area contributed by atoms with Crippen LogP contribution in [0.15, 0.2) is 6.33 Å². The molecule has 1 aromatic rings. The average molecular weight is 263 g/mol. The Labute approximate surface area is 111 Å².